The van der Waals surface area contributed by atoms with Crippen molar-refractivity contribution in [2.75, 3.05) is 17.2 Å². The number of rotatable bonds is 3. The van der Waals surface area contributed by atoms with Gasteiger partial charge in [0.2, 0.25) is 0 Å². The Balaban J connectivity index is 0.000000880. The maximum atomic E-state index is 5.88. The number of nitrogens with one attached hydrogen (secondary N) is 1. The molecule has 0 spiro atoms. The van der Waals surface area contributed by atoms with Gasteiger partial charge in [-0.25, -0.2) is 0 Å². The second kappa shape index (κ2) is 7.43. The first-order valence-electron chi connectivity index (χ1n) is 8.94. The van der Waals surface area contributed by atoms with E-state index in [2.05, 4.69) is 57.6 Å². The van der Waals surface area contributed by atoms with Gasteiger partial charge >= 0.3 is 0 Å². The third-order valence-electron chi connectivity index (χ3n) is 4.42. The molecular formula is C21H26N4. The van der Waals surface area contributed by atoms with E-state index in [1.54, 1.807) is 0 Å². The van der Waals surface area contributed by atoms with Crippen LogP contribution >= 0.6 is 0 Å². The van der Waals surface area contributed by atoms with Gasteiger partial charge in [0.25, 0.3) is 0 Å². The molecule has 1 aliphatic rings. The molecule has 1 aliphatic heterocycles. The van der Waals surface area contributed by atoms with Gasteiger partial charge in [-0.15, -0.1) is 0 Å². The lowest BCUT2D eigenvalue weighted by Gasteiger charge is -2.19. The van der Waals surface area contributed by atoms with Crippen LogP contribution in [-0.2, 0) is 13.0 Å². The fourth-order valence-electron chi connectivity index (χ4n) is 3.22. The normalized spacial score (nSPS) is 12.5. The summed E-state index contributed by atoms with van der Waals surface area (Å²) in [6.07, 6.45) is 1.07. The van der Waals surface area contributed by atoms with Crippen LogP contribution in [0.15, 0.2) is 48.5 Å². The van der Waals surface area contributed by atoms with Crippen LogP contribution in [0.5, 0.6) is 0 Å². The van der Waals surface area contributed by atoms with Crippen molar-refractivity contribution < 1.29 is 0 Å². The highest BCUT2D eigenvalue weighted by atomic mass is 15.1. The SMILES string of the molecule is CC.Cc1cc(-c2ccc(CN3CCc4cc(N)ccc43)cc2)n[nH]1. The number of anilines is 2. The first-order valence-corrected chi connectivity index (χ1v) is 8.94. The van der Waals surface area contributed by atoms with Gasteiger partial charge in [-0.1, -0.05) is 38.1 Å². The van der Waals surface area contributed by atoms with Gasteiger partial charge in [0.05, 0.1) is 5.69 Å². The van der Waals surface area contributed by atoms with Crippen LogP contribution in [0.4, 0.5) is 11.4 Å². The van der Waals surface area contributed by atoms with E-state index in [0.29, 0.717) is 0 Å². The Morgan fingerprint density at radius 2 is 1.84 bits per heavy atom. The zero-order valence-electron chi connectivity index (χ0n) is 15.2. The number of aromatic amines is 1. The van der Waals surface area contributed by atoms with E-state index < -0.39 is 0 Å². The topological polar surface area (TPSA) is 57.9 Å². The van der Waals surface area contributed by atoms with Crippen LogP contribution in [0.25, 0.3) is 11.3 Å². The molecule has 130 valence electrons. The molecule has 0 aliphatic carbocycles. The molecule has 0 fully saturated rings. The second-order valence-corrected chi connectivity index (χ2v) is 6.19. The van der Waals surface area contributed by atoms with E-state index in [4.69, 9.17) is 5.73 Å². The number of nitrogens with zero attached hydrogens (tertiary/aromatic N) is 2. The minimum Gasteiger partial charge on any atom is -0.399 e. The number of hydrogen-bond acceptors (Lipinski definition) is 3. The highest BCUT2D eigenvalue weighted by Crippen LogP contribution is 2.31. The molecule has 4 rings (SSSR count). The third-order valence-corrected chi connectivity index (χ3v) is 4.42. The van der Waals surface area contributed by atoms with Gasteiger partial charge in [0.15, 0.2) is 0 Å². The summed E-state index contributed by atoms with van der Waals surface area (Å²) in [5, 5.41) is 7.30. The zero-order valence-corrected chi connectivity index (χ0v) is 15.2. The van der Waals surface area contributed by atoms with Crippen molar-refractivity contribution in [3.8, 4) is 11.3 Å². The summed E-state index contributed by atoms with van der Waals surface area (Å²) in [6.45, 7) is 8.00. The average Bonchev–Trinajstić information content (AvgIpc) is 3.24. The van der Waals surface area contributed by atoms with Gasteiger partial charge in [0, 0.05) is 35.7 Å². The molecule has 0 bridgehead atoms. The maximum Gasteiger partial charge on any atom is 0.0923 e. The van der Waals surface area contributed by atoms with E-state index in [1.807, 2.05) is 26.8 Å². The lowest BCUT2D eigenvalue weighted by molar-refractivity contribution is 0.836. The lowest BCUT2D eigenvalue weighted by atomic mass is 10.1. The minimum absolute atomic E-state index is 0.851. The number of benzene rings is 2. The molecule has 4 heteroatoms. The smallest absolute Gasteiger partial charge is 0.0923 e. The summed E-state index contributed by atoms with van der Waals surface area (Å²) in [6, 6.07) is 17.0. The number of aromatic nitrogens is 2. The summed E-state index contributed by atoms with van der Waals surface area (Å²) in [5.41, 5.74) is 13.9. The third kappa shape index (κ3) is 3.68. The predicted molar refractivity (Wildman–Crippen MR) is 106 cm³/mol. The lowest BCUT2D eigenvalue weighted by Crippen LogP contribution is -2.19. The number of aryl methyl sites for hydroxylation is 1. The molecule has 2 heterocycles. The maximum absolute atomic E-state index is 5.88. The Labute approximate surface area is 149 Å². The predicted octanol–water partition coefficient (Wildman–Crippen LogP) is 4.56. The Morgan fingerprint density at radius 3 is 2.52 bits per heavy atom. The van der Waals surface area contributed by atoms with Crippen molar-refractivity contribution in [2.24, 2.45) is 0 Å². The second-order valence-electron chi connectivity index (χ2n) is 6.19. The average molecular weight is 334 g/mol. The van der Waals surface area contributed by atoms with Crippen LogP contribution < -0.4 is 10.6 Å². The van der Waals surface area contributed by atoms with Crippen molar-refractivity contribution in [2.45, 2.75) is 33.7 Å². The first kappa shape index (κ1) is 17.1. The van der Waals surface area contributed by atoms with Crippen LogP contribution in [0.3, 0.4) is 0 Å². The van der Waals surface area contributed by atoms with E-state index in [1.165, 1.54) is 16.8 Å². The van der Waals surface area contributed by atoms with Gasteiger partial charge in [-0.05, 0) is 48.7 Å². The van der Waals surface area contributed by atoms with Crippen molar-refractivity contribution in [3.05, 3.63) is 65.4 Å². The van der Waals surface area contributed by atoms with Crippen molar-refractivity contribution in [1.29, 1.82) is 0 Å². The number of nitrogens with two attached hydrogens (primary N) is 1. The number of fused-ring (bicyclic) bond motifs is 1. The molecule has 0 amide bonds. The summed E-state index contributed by atoms with van der Waals surface area (Å²) in [7, 11) is 0. The summed E-state index contributed by atoms with van der Waals surface area (Å²) < 4.78 is 0. The summed E-state index contributed by atoms with van der Waals surface area (Å²) >= 11 is 0. The molecule has 1 aromatic heterocycles. The monoisotopic (exact) mass is 334 g/mol. The van der Waals surface area contributed by atoms with Crippen molar-refractivity contribution in [3.63, 3.8) is 0 Å². The summed E-state index contributed by atoms with van der Waals surface area (Å²) in [5.74, 6) is 0. The fraction of sp³-hybridized carbons (Fsp3) is 0.286. The molecule has 0 saturated carbocycles. The highest BCUT2D eigenvalue weighted by Gasteiger charge is 2.19. The number of hydrogen-bond donors (Lipinski definition) is 2. The first-order chi connectivity index (χ1) is 12.2. The van der Waals surface area contributed by atoms with Gasteiger partial charge in [-0.3, -0.25) is 5.10 Å². The van der Waals surface area contributed by atoms with Crippen LogP contribution in [0.2, 0.25) is 0 Å². The molecule has 0 saturated heterocycles. The molecule has 4 nitrogen and oxygen atoms in total. The Hall–Kier alpha value is -2.75. The number of H-pyrrole nitrogens is 1. The van der Waals surface area contributed by atoms with E-state index >= 15 is 0 Å². The van der Waals surface area contributed by atoms with Gasteiger partial charge < -0.3 is 10.6 Å². The molecule has 25 heavy (non-hydrogen) atoms. The van der Waals surface area contributed by atoms with E-state index in [0.717, 1.165) is 42.1 Å². The number of nitrogen functional groups attached to an aromatic ring is 1. The molecule has 2 aromatic carbocycles. The molecule has 0 unspecified atom stereocenters. The molecule has 3 aromatic rings. The Bertz CT molecular complexity index is 833. The summed E-state index contributed by atoms with van der Waals surface area (Å²) in [4.78, 5) is 2.42. The Morgan fingerprint density at radius 1 is 1.08 bits per heavy atom. The molecule has 0 atom stereocenters. The highest BCUT2D eigenvalue weighted by molar-refractivity contribution is 5.64. The fourth-order valence-corrected chi connectivity index (χ4v) is 3.22. The standard InChI is InChI=1S/C19H20N4.C2H6/c1-13-10-18(22-21-13)15-4-2-14(3-5-15)12-23-9-8-16-11-17(20)6-7-19(16)23;1-2/h2-7,10-11H,8-9,12,20H2,1H3,(H,21,22);1-2H3. The van der Waals surface area contributed by atoms with Crippen LogP contribution in [0.1, 0.15) is 30.7 Å². The van der Waals surface area contributed by atoms with Crippen LogP contribution in [-0.4, -0.2) is 16.7 Å². The largest absolute Gasteiger partial charge is 0.399 e. The van der Waals surface area contributed by atoms with E-state index in [-0.39, 0.29) is 0 Å². The minimum atomic E-state index is 0.851. The molecular weight excluding hydrogens is 308 g/mol. The Kier molecular flexibility index (Phi) is 5.08. The van der Waals surface area contributed by atoms with Gasteiger partial charge in [0.1, 0.15) is 0 Å². The van der Waals surface area contributed by atoms with Gasteiger partial charge in [-0.2, -0.15) is 5.10 Å². The van der Waals surface area contributed by atoms with Crippen LogP contribution in [0, 0.1) is 6.92 Å². The van der Waals surface area contributed by atoms with Crippen molar-refractivity contribution >= 4 is 11.4 Å². The quantitative estimate of drug-likeness (QED) is 0.691. The molecule has 3 N–H and O–H groups in total. The molecule has 0 radical (unpaired) electrons. The zero-order chi connectivity index (χ0) is 17.8. The van der Waals surface area contributed by atoms with Crippen molar-refractivity contribution in [1.82, 2.24) is 10.2 Å². The van der Waals surface area contributed by atoms with E-state index in [9.17, 15) is 0 Å².